The Kier molecular flexibility index (Phi) is 8.11. The van der Waals surface area contributed by atoms with Gasteiger partial charge in [0.25, 0.3) is 0 Å². The Bertz CT molecular complexity index is 735. The first-order chi connectivity index (χ1) is 14.8. The van der Waals surface area contributed by atoms with E-state index in [1.165, 1.54) is 18.2 Å². The Morgan fingerprint density at radius 1 is 1.29 bits per heavy atom. The molecular formula is C20H27F3N2O6. The average Bonchev–Trinajstić information content (AvgIpc) is 3.21. The minimum absolute atomic E-state index is 0.110. The molecule has 31 heavy (non-hydrogen) atoms. The first kappa shape index (κ1) is 23.7. The van der Waals surface area contributed by atoms with Gasteiger partial charge in [0.1, 0.15) is 18.0 Å². The summed E-state index contributed by atoms with van der Waals surface area (Å²) in [5.74, 6) is -0.434. The van der Waals surface area contributed by atoms with Gasteiger partial charge in [-0.15, -0.1) is 13.2 Å². The molecule has 0 aliphatic carbocycles. The minimum atomic E-state index is -4.77. The molecule has 0 aromatic heterocycles. The Morgan fingerprint density at radius 2 is 2.06 bits per heavy atom. The van der Waals surface area contributed by atoms with Crippen LogP contribution in [0, 0.1) is 0 Å². The van der Waals surface area contributed by atoms with Crippen molar-refractivity contribution in [2.75, 3.05) is 26.8 Å². The molecule has 3 rings (SSSR count). The van der Waals surface area contributed by atoms with Crippen LogP contribution in [-0.2, 0) is 25.5 Å². The van der Waals surface area contributed by atoms with Crippen LogP contribution in [0.5, 0.6) is 5.75 Å². The Labute approximate surface area is 178 Å². The van der Waals surface area contributed by atoms with E-state index in [2.05, 4.69) is 15.4 Å². The molecule has 0 radical (unpaired) electrons. The van der Waals surface area contributed by atoms with Gasteiger partial charge in [-0.1, -0.05) is 18.2 Å². The summed E-state index contributed by atoms with van der Waals surface area (Å²) in [5.41, 5.74) is 0.336. The molecule has 2 fully saturated rings. The molecule has 1 amide bonds. The van der Waals surface area contributed by atoms with Crippen molar-refractivity contribution in [3.63, 3.8) is 0 Å². The van der Waals surface area contributed by atoms with Gasteiger partial charge in [0.15, 0.2) is 0 Å². The number of carbonyl (C=O) groups is 1. The smallest absolute Gasteiger partial charge is 0.405 e. The SMILES string of the molecule is COCCNC(=O)C[C@@H]1C[C@H]2O[C@H](CNCc3ccccc3OC(F)(F)F)[C@@H](O)[C@H]2O1. The number of rotatable bonds is 10. The molecule has 174 valence electrons. The van der Waals surface area contributed by atoms with E-state index in [9.17, 15) is 23.1 Å². The number of aliphatic hydroxyl groups is 1. The summed E-state index contributed by atoms with van der Waals surface area (Å²) in [6.45, 7) is 1.17. The fourth-order valence-corrected chi connectivity index (χ4v) is 3.80. The van der Waals surface area contributed by atoms with Crippen LogP contribution in [0.1, 0.15) is 18.4 Å². The van der Waals surface area contributed by atoms with E-state index >= 15 is 0 Å². The van der Waals surface area contributed by atoms with Crippen molar-refractivity contribution in [3.8, 4) is 5.75 Å². The van der Waals surface area contributed by atoms with Crippen molar-refractivity contribution < 1.29 is 42.0 Å². The third-order valence-corrected chi connectivity index (χ3v) is 5.18. The predicted octanol–water partition coefficient (Wildman–Crippen LogP) is 1.11. The van der Waals surface area contributed by atoms with Crippen LogP contribution in [-0.4, -0.2) is 74.7 Å². The molecule has 1 aromatic rings. The molecule has 1 aromatic carbocycles. The van der Waals surface area contributed by atoms with E-state index in [4.69, 9.17) is 14.2 Å². The lowest BCUT2D eigenvalue weighted by molar-refractivity contribution is -0.274. The van der Waals surface area contributed by atoms with Crippen molar-refractivity contribution in [3.05, 3.63) is 29.8 Å². The van der Waals surface area contributed by atoms with Crippen molar-refractivity contribution >= 4 is 5.91 Å². The number of methoxy groups -OCH3 is 1. The number of carbonyl (C=O) groups excluding carboxylic acids is 1. The zero-order chi connectivity index (χ0) is 22.4. The molecule has 2 heterocycles. The first-order valence-electron chi connectivity index (χ1n) is 10.1. The van der Waals surface area contributed by atoms with Crippen LogP contribution in [0.4, 0.5) is 13.2 Å². The summed E-state index contributed by atoms with van der Waals surface area (Å²) in [4.78, 5) is 11.9. The molecule has 2 aliphatic heterocycles. The second-order valence-corrected chi connectivity index (χ2v) is 7.50. The highest BCUT2D eigenvalue weighted by Gasteiger charge is 2.50. The lowest BCUT2D eigenvalue weighted by Gasteiger charge is -2.20. The number of fused-ring (bicyclic) bond motifs is 1. The van der Waals surface area contributed by atoms with Gasteiger partial charge in [0.05, 0.1) is 31.3 Å². The summed E-state index contributed by atoms with van der Waals surface area (Å²) in [6.07, 6.45) is -6.80. The molecular weight excluding hydrogens is 421 g/mol. The largest absolute Gasteiger partial charge is 0.573 e. The lowest BCUT2D eigenvalue weighted by atomic mass is 10.1. The van der Waals surface area contributed by atoms with E-state index in [0.29, 0.717) is 25.1 Å². The number of hydrogen-bond acceptors (Lipinski definition) is 7. The number of alkyl halides is 3. The van der Waals surface area contributed by atoms with Gasteiger partial charge in [-0.25, -0.2) is 0 Å². The number of amides is 1. The summed E-state index contributed by atoms with van der Waals surface area (Å²) in [6, 6.07) is 5.85. The molecule has 11 heteroatoms. The van der Waals surface area contributed by atoms with Gasteiger partial charge in [-0.05, 0) is 6.07 Å². The van der Waals surface area contributed by atoms with Gasteiger partial charge in [0, 0.05) is 38.7 Å². The topological polar surface area (TPSA) is 98.3 Å². The summed E-state index contributed by atoms with van der Waals surface area (Å²) in [7, 11) is 1.55. The maximum Gasteiger partial charge on any atom is 0.573 e. The van der Waals surface area contributed by atoms with E-state index < -0.39 is 24.7 Å². The third kappa shape index (κ3) is 6.78. The maximum atomic E-state index is 12.5. The van der Waals surface area contributed by atoms with Gasteiger partial charge in [-0.2, -0.15) is 0 Å². The highest BCUT2D eigenvalue weighted by molar-refractivity contribution is 5.76. The Morgan fingerprint density at radius 3 is 2.77 bits per heavy atom. The summed E-state index contributed by atoms with van der Waals surface area (Å²) >= 11 is 0. The van der Waals surface area contributed by atoms with Gasteiger partial charge in [-0.3, -0.25) is 4.79 Å². The van der Waals surface area contributed by atoms with Crippen LogP contribution in [0.15, 0.2) is 24.3 Å². The van der Waals surface area contributed by atoms with E-state index in [-0.39, 0.29) is 43.4 Å². The van der Waals surface area contributed by atoms with Gasteiger partial charge < -0.3 is 34.7 Å². The Balaban J connectivity index is 1.43. The van der Waals surface area contributed by atoms with Crippen molar-refractivity contribution in [1.82, 2.24) is 10.6 Å². The molecule has 0 saturated carbocycles. The van der Waals surface area contributed by atoms with E-state index in [1.54, 1.807) is 13.2 Å². The average molecular weight is 448 g/mol. The molecule has 2 aliphatic rings. The Hall–Kier alpha value is -1.92. The van der Waals surface area contributed by atoms with Crippen LogP contribution >= 0.6 is 0 Å². The number of benzene rings is 1. The fourth-order valence-electron chi connectivity index (χ4n) is 3.80. The van der Waals surface area contributed by atoms with Crippen LogP contribution in [0.25, 0.3) is 0 Å². The van der Waals surface area contributed by atoms with Gasteiger partial charge >= 0.3 is 6.36 Å². The normalized spacial score (nSPS) is 27.8. The van der Waals surface area contributed by atoms with Gasteiger partial charge in [0.2, 0.25) is 5.91 Å². The van der Waals surface area contributed by atoms with E-state index in [1.807, 2.05) is 0 Å². The number of aliphatic hydroxyl groups excluding tert-OH is 1. The summed E-state index contributed by atoms with van der Waals surface area (Å²) in [5, 5.41) is 16.2. The second kappa shape index (κ2) is 10.6. The molecule has 3 N–H and O–H groups in total. The molecule has 2 saturated heterocycles. The standard InChI is InChI=1S/C20H27F3N2O6/c1-28-7-6-25-17(26)9-13-8-15-19(29-13)18(27)16(30-15)11-24-10-12-4-2-3-5-14(12)31-20(21,22)23/h2-5,13,15-16,18-19,24,27H,6-11H2,1H3,(H,25,26)/t13-,15+,16+,18+,19-/m0/s1. The second-order valence-electron chi connectivity index (χ2n) is 7.50. The van der Waals surface area contributed by atoms with Crippen LogP contribution in [0.3, 0.4) is 0 Å². The monoisotopic (exact) mass is 448 g/mol. The highest BCUT2D eigenvalue weighted by Crippen LogP contribution is 2.35. The number of hydrogen-bond donors (Lipinski definition) is 3. The van der Waals surface area contributed by atoms with Crippen molar-refractivity contribution in [2.24, 2.45) is 0 Å². The molecule has 8 nitrogen and oxygen atoms in total. The number of ether oxygens (including phenoxy) is 4. The molecule has 0 spiro atoms. The van der Waals surface area contributed by atoms with Crippen LogP contribution < -0.4 is 15.4 Å². The maximum absolute atomic E-state index is 12.5. The van der Waals surface area contributed by atoms with E-state index in [0.717, 1.165) is 0 Å². The fraction of sp³-hybridized carbons (Fsp3) is 0.650. The zero-order valence-electron chi connectivity index (χ0n) is 17.1. The number of para-hydroxylation sites is 1. The highest BCUT2D eigenvalue weighted by atomic mass is 19.4. The molecule has 0 unspecified atom stereocenters. The predicted molar refractivity (Wildman–Crippen MR) is 102 cm³/mol. The lowest BCUT2D eigenvalue weighted by Crippen LogP contribution is -2.39. The first-order valence-corrected chi connectivity index (χ1v) is 10.1. The number of nitrogens with one attached hydrogen (secondary N) is 2. The molecule has 5 atom stereocenters. The van der Waals surface area contributed by atoms with Crippen LogP contribution in [0.2, 0.25) is 0 Å². The third-order valence-electron chi connectivity index (χ3n) is 5.18. The zero-order valence-corrected chi connectivity index (χ0v) is 17.1. The minimum Gasteiger partial charge on any atom is -0.405 e. The molecule has 0 bridgehead atoms. The van der Waals surface area contributed by atoms with Crippen molar-refractivity contribution in [1.29, 1.82) is 0 Å². The summed E-state index contributed by atoms with van der Waals surface area (Å²) < 4.78 is 58.1. The quantitative estimate of drug-likeness (QED) is 0.462. The number of halogens is 3. The van der Waals surface area contributed by atoms with Crippen molar-refractivity contribution in [2.45, 2.75) is 56.3 Å².